The molecule has 0 radical (unpaired) electrons. The average molecular weight is 399 g/mol. The van der Waals surface area contributed by atoms with Crippen LogP contribution in [-0.4, -0.2) is 11.0 Å². The van der Waals surface area contributed by atoms with E-state index in [0.29, 0.717) is 0 Å². The van der Waals surface area contributed by atoms with Gasteiger partial charge in [-0.25, -0.2) is 0 Å². The molecule has 0 saturated carbocycles. The third kappa shape index (κ3) is 7.31. The highest BCUT2D eigenvalue weighted by atomic mass is 15.3. The third-order valence-electron chi connectivity index (χ3n) is 5.71. The van der Waals surface area contributed by atoms with Crippen molar-refractivity contribution in [2.75, 3.05) is 6.54 Å². The highest BCUT2D eigenvalue weighted by Gasteiger charge is 2.28. The molecule has 0 aliphatic carbocycles. The van der Waals surface area contributed by atoms with E-state index < -0.39 is 0 Å². The van der Waals surface area contributed by atoms with Crippen LogP contribution >= 0.6 is 0 Å². The van der Waals surface area contributed by atoms with Gasteiger partial charge >= 0.3 is 0 Å². The second kappa shape index (κ2) is 12.1. The lowest BCUT2D eigenvalue weighted by Crippen LogP contribution is -2.46. The van der Waals surface area contributed by atoms with Gasteiger partial charge in [-0.3, -0.25) is 0 Å². The first kappa shape index (κ1) is 22.1. The fraction of sp³-hybridized carbons (Fsp3) is 0.310. The van der Waals surface area contributed by atoms with E-state index in [-0.39, 0.29) is 0 Å². The Morgan fingerprint density at radius 1 is 0.567 bits per heavy atom. The van der Waals surface area contributed by atoms with Gasteiger partial charge in [0.05, 0.1) is 6.54 Å². The number of unbranched alkanes of at least 4 members (excludes halogenated alkanes) is 2. The van der Waals surface area contributed by atoms with E-state index in [0.717, 1.165) is 24.1 Å². The van der Waals surface area contributed by atoms with Gasteiger partial charge in [0.2, 0.25) is 0 Å². The number of rotatable bonds is 12. The normalized spacial score (nSPS) is 11.8. The molecule has 0 aromatic heterocycles. The molecule has 3 rings (SSSR count). The zero-order chi connectivity index (χ0) is 20.9. The predicted octanol–water partition coefficient (Wildman–Crippen LogP) is 7.54. The highest BCUT2D eigenvalue weighted by Crippen LogP contribution is 2.25. The highest BCUT2D eigenvalue weighted by molar-refractivity contribution is 5.17. The summed E-state index contributed by atoms with van der Waals surface area (Å²) in [5, 5.41) is 0. The molecular formula is C29H36N+. The molecule has 0 aliphatic rings. The van der Waals surface area contributed by atoms with E-state index in [4.69, 9.17) is 0 Å². The van der Waals surface area contributed by atoms with E-state index in [1.165, 1.54) is 48.9 Å². The molecule has 3 aromatic carbocycles. The number of benzene rings is 3. The SMILES string of the molecule is CCC/C=C/CCC[N+](Cc1ccccc1)(Cc1ccccc1)Cc1ccccc1. The van der Waals surface area contributed by atoms with Crippen LogP contribution in [0.1, 0.15) is 49.3 Å². The minimum absolute atomic E-state index is 1.06. The van der Waals surface area contributed by atoms with Gasteiger partial charge in [0.15, 0.2) is 0 Å². The number of allylic oxidation sites excluding steroid dienone is 2. The van der Waals surface area contributed by atoms with Gasteiger partial charge in [-0.05, 0) is 12.8 Å². The molecule has 0 saturated heterocycles. The Morgan fingerprint density at radius 3 is 1.37 bits per heavy atom. The number of hydrogen-bond donors (Lipinski definition) is 0. The summed E-state index contributed by atoms with van der Waals surface area (Å²) in [4.78, 5) is 0. The molecule has 0 bridgehead atoms. The lowest BCUT2D eigenvalue weighted by atomic mass is 10.1. The average Bonchev–Trinajstić information content (AvgIpc) is 2.78. The zero-order valence-corrected chi connectivity index (χ0v) is 18.4. The van der Waals surface area contributed by atoms with Crippen molar-refractivity contribution in [2.45, 2.75) is 52.2 Å². The fourth-order valence-electron chi connectivity index (χ4n) is 4.26. The van der Waals surface area contributed by atoms with Crippen LogP contribution in [0.2, 0.25) is 0 Å². The van der Waals surface area contributed by atoms with Crippen LogP contribution in [0.5, 0.6) is 0 Å². The van der Waals surface area contributed by atoms with Crippen molar-refractivity contribution in [1.29, 1.82) is 0 Å². The van der Waals surface area contributed by atoms with E-state index in [2.05, 4.69) is 110 Å². The minimum atomic E-state index is 1.06. The smallest absolute Gasteiger partial charge is 0.105 e. The first-order valence-electron chi connectivity index (χ1n) is 11.4. The summed E-state index contributed by atoms with van der Waals surface area (Å²) in [5.74, 6) is 0. The third-order valence-corrected chi connectivity index (χ3v) is 5.71. The number of quaternary nitrogens is 1. The van der Waals surface area contributed by atoms with Gasteiger partial charge in [-0.2, -0.15) is 0 Å². The zero-order valence-electron chi connectivity index (χ0n) is 18.4. The Bertz CT molecular complexity index is 751. The van der Waals surface area contributed by atoms with Crippen molar-refractivity contribution in [2.24, 2.45) is 0 Å². The van der Waals surface area contributed by atoms with Crippen LogP contribution in [0, 0.1) is 0 Å². The Balaban J connectivity index is 1.86. The van der Waals surface area contributed by atoms with Crippen molar-refractivity contribution < 1.29 is 4.48 Å². The maximum atomic E-state index is 2.38. The van der Waals surface area contributed by atoms with Crippen LogP contribution in [0.15, 0.2) is 103 Å². The van der Waals surface area contributed by atoms with Gasteiger partial charge in [-0.1, -0.05) is 116 Å². The molecule has 0 heterocycles. The minimum Gasteiger partial charge on any atom is -0.312 e. The monoisotopic (exact) mass is 398 g/mol. The molecule has 1 nitrogen and oxygen atoms in total. The van der Waals surface area contributed by atoms with Gasteiger partial charge in [0.1, 0.15) is 19.6 Å². The van der Waals surface area contributed by atoms with Crippen molar-refractivity contribution in [3.05, 3.63) is 120 Å². The van der Waals surface area contributed by atoms with Crippen LogP contribution < -0.4 is 0 Å². The van der Waals surface area contributed by atoms with Gasteiger partial charge in [0, 0.05) is 23.1 Å². The Hall–Kier alpha value is -2.64. The van der Waals surface area contributed by atoms with Gasteiger partial charge in [0.25, 0.3) is 0 Å². The summed E-state index contributed by atoms with van der Waals surface area (Å²) < 4.78 is 1.06. The predicted molar refractivity (Wildman–Crippen MR) is 129 cm³/mol. The van der Waals surface area contributed by atoms with Crippen molar-refractivity contribution in [1.82, 2.24) is 0 Å². The molecule has 0 fully saturated rings. The summed E-state index contributed by atoms with van der Waals surface area (Å²) in [6.07, 6.45) is 9.53. The molecular weight excluding hydrogens is 362 g/mol. The van der Waals surface area contributed by atoms with Crippen LogP contribution in [0.4, 0.5) is 0 Å². The number of hydrogen-bond acceptors (Lipinski definition) is 0. The summed E-state index contributed by atoms with van der Waals surface area (Å²) in [7, 11) is 0. The van der Waals surface area contributed by atoms with E-state index in [9.17, 15) is 0 Å². The summed E-state index contributed by atoms with van der Waals surface area (Å²) in [5.41, 5.74) is 4.27. The van der Waals surface area contributed by atoms with Gasteiger partial charge < -0.3 is 4.48 Å². The Labute approximate surface area is 183 Å². The maximum Gasteiger partial charge on any atom is 0.105 e. The van der Waals surface area contributed by atoms with Crippen molar-refractivity contribution >= 4 is 0 Å². The molecule has 0 N–H and O–H groups in total. The maximum absolute atomic E-state index is 2.38. The fourth-order valence-corrected chi connectivity index (χ4v) is 4.26. The molecule has 1 heteroatoms. The van der Waals surface area contributed by atoms with Crippen LogP contribution in [0.25, 0.3) is 0 Å². The van der Waals surface area contributed by atoms with Crippen molar-refractivity contribution in [3.8, 4) is 0 Å². The van der Waals surface area contributed by atoms with Crippen molar-refractivity contribution in [3.63, 3.8) is 0 Å². The van der Waals surface area contributed by atoms with E-state index >= 15 is 0 Å². The van der Waals surface area contributed by atoms with Gasteiger partial charge in [-0.15, -0.1) is 0 Å². The van der Waals surface area contributed by atoms with Crippen LogP contribution in [0.3, 0.4) is 0 Å². The largest absolute Gasteiger partial charge is 0.312 e. The van der Waals surface area contributed by atoms with Crippen LogP contribution in [-0.2, 0) is 19.6 Å². The molecule has 3 aromatic rings. The standard InChI is InChI=1S/C29H36N/c1-2-3-4-5-6-16-23-30(24-27-17-10-7-11-18-27,25-28-19-12-8-13-20-28)26-29-21-14-9-15-22-29/h4-5,7-15,17-22H,2-3,6,16,23-26H2,1H3/q+1/b5-4+. The first-order chi connectivity index (χ1) is 14.8. The molecule has 0 aliphatic heterocycles. The molecule has 0 spiro atoms. The van der Waals surface area contributed by atoms with E-state index in [1.54, 1.807) is 0 Å². The lowest BCUT2D eigenvalue weighted by Gasteiger charge is -2.39. The quantitative estimate of drug-likeness (QED) is 0.168. The first-order valence-corrected chi connectivity index (χ1v) is 11.4. The Kier molecular flexibility index (Phi) is 8.93. The summed E-state index contributed by atoms with van der Waals surface area (Å²) in [6, 6.07) is 33.1. The molecule has 0 unspecified atom stereocenters. The second-order valence-electron chi connectivity index (χ2n) is 8.40. The second-order valence-corrected chi connectivity index (χ2v) is 8.40. The molecule has 156 valence electrons. The lowest BCUT2D eigenvalue weighted by molar-refractivity contribution is -0.966. The topological polar surface area (TPSA) is 0 Å². The molecule has 30 heavy (non-hydrogen) atoms. The number of nitrogens with zero attached hydrogens (tertiary/aromatic N) is 1. The summed E-state index contributed by atoms with van der Waals surface area (Å²) >= 11 is 0. The summed E-state index contributed by atoms with van der Waals surface area (Å²) in [6.45, 7) is 6.59. The Morgan fingerprint density at radius 2 is 0.967 bits per heavy atom. The molecule has 0 atom stereocenters. The molecule has 0 amide bonds. The van der Waals surface area contributed by atoms with E-state index in [1.807, 2.05) is 0 Å².